The standard InChI is InChI=1S/C9H15N5O3/c1-2-3-10-5(15)4-14-7-6(12-9(14)17)11-8(16)13-7/h6-7H,2-4H2,1H3,(H,10,15)(H,12,17)(H2,11,13,16)/t6-,7-/m1/s1. The molecule has 2 saturated heterocycles. The summed E-state index contributed by atoms with van der Waals surface area (Å²) in [6, 6.07) is -0.710. The van der Waals surface area contributed by atoms with Crippen molar-refractivity contribution in [3.63, 3.8) is 0 Å². The van der Waals surface area contributed by atoms with Crippen LogP contribution in [0.2, 0.25) is 0 Å². The second-order valence-electron chi connectivity index (χ2n) is 3.97. The van der Waals surface area contributed by atoms with Gasteiger partial charge in [-0.2, -0.15) is 0 Å². The summed E-state index contributed by atoms with van der Waals surface area (Å²) in [7, 11) is 0. The van der Waals surface area contributed by atoms with Gasteiger partial charge >= 0.3 is 12.1 Å². The van der Waals surface area contributed by atoms with Crippen molar-refractivity contribution in [3.05, 3.63) is 0 Å². The van der Waals surface area contributed by atoms with Gasteiger partial charge in [-0.05, 0) is 6.42 Å². The predicted octanol–water partition coefficient (Wildman–Crippen LogP) is -1.50. The molecule has 2 atom stereocenters. The highest BCUT2D eigenvalue weighted by Crippen LogP contribution is 2.12. The average molecular weight is 241 g/mol. The summed E-state index contributed by atoms with van der Waals surface area (Å²) in [4.78, 5) is 35.4. The molecule has 0 aromatic carbocycles. The average Bonchev–Trinajstić information content (AvgIpc) is 2.74. The molecule has 0 aliphatic carbocycles. The van der Waals surface area contributed by atoms with Crippen LogP contribution < -0.4 is 21.3 Å². The van der Waals surface area contributed by atoms with Crippen LogP contribution in [0, 0.1) is 0 Å². The van der Waals surface area contributed by atoms with Crippen molar-refractivity contribution < 1.29 is 14.4 Å². The molecule has 2 heterocycles. The van der Waals surface area contributed by atoms with Crippen LogP contribution in [0.4, 0.5) is 9.59 Å². The smallest absolute Gasteiger partial charge is 0.321 e. The van der Waals surface area contributed by atoms with Gasteiger partial charge in [0.1, 0.15) is 18.9 Å². The third-order valence-electron chi connectivity index (χ3n) is 2.64. The Bertz CT molecular complexity index is 359. The van der Waals surface area contributed by atoms with E-state index in [9.17, 15) is 14.4 Å². The number of amides is 5. The Balaban J connectivity index is 1.93. The van der Waals surface area contributed by atoms with Crippen LogP contribution in [0.3, 0.4) is 0 Å². The molecule has 2 fully saturated rings. The largest absolute Gasteiger partial charge is 0.355 e. The Kier molecular flexibility index (Phi) is 3.03. The number of hydrogen-bond donors (Lipinski definition) is 4. The minimum Gasteiger partial charge on any atom is -0.355 e. The zero-order valence-corrected chi connectivity index (χ0v) is 9.45. The molecule has 5 amide bonds. The zero-order valence-electron chi connectivity index (χ0n) is 9.45. The number of carbonyl (C=O) groups is 3. The highest BCUT2D eigenvalue weighted by atomic mass is 16.2. The molecule has 2 aliphatic heterocycles. The van der Waals surface area contributed by atoms with Crippen molar-refractivity contribution in [2.75, 3.05) is 13.1 Å². The summed E-state index contributed by atoms with van der Waals surface area (Å²) in [6.45, 7) is 2.46. The molecule has 0 aromatic rings. The Hall–Kier alpha value is -1.99. The quantitative estimate of drug-likeness (QED) is 0.482. The first-order chi connectivity index (χ1) is 8.11. The maximum Gasteiger partial charge on any atom is 0.321 e. The van der Waals surface area contributed by atoms with E-state index in [1.807, 2.05) is 6.92 Å². The molecule has 4 N–H and O–H groups in total. The number of nitrogens with zero attached hydrogens (tertiary/aromatic N) is 1. The number of hydrogen-bond acceptors (Lipinski definition) is 3. The van der Waals surface area contributed by atoms with E-state index in [1.165, 1.54) is 4.90 Å². The summed E-state index contributed by atoms with van der Waals surface area (Å²) >= 11 is 0. The van der Waals surface area contributed by atoms with Crippen LogP contribution in [0.15, 0.2) is 0 Å². The molecule has 0 unspecified atom stereocenters. The molecule has 0 bridgehead atoms. The first-order valence-electron chi connectivity index (χ1n) is 5.52. The third kappa shape index (κ3) is 2.24. The van der Waals surface area contributed by atoms with Crippen molar-refractivity contribution in [2.24, 2.45) is 0 Å². The van der Waals surface area contributed by atoms with E-state index in [0.29, 0.717) is 6.54 Å². The number of carbonyl (C=O) groups excluding carboxylic acids is 3. The lowest BCUT2D eigenvalue weighted by Gasteiger charge is -2.20. The van der Waals surface area contributed by atoms with E-state index in [2.05, 4.69) is 21.3 Å². The SMILES string of the molecule is CCCNC(=O)CN1C(=O)N[C@H]2NC(=O)N[C@@H]21. The van der Waals surface area contributed by atoms with Gasteiger partial charge in [-0.3, -0.25) is 9.69 Å². The van der Waals surface area contributed by atoms with Gasteiger partial charge in [-0.1, -0.05) is 6.92 Å². The van der Waals surface area contributed by atoms with Crippen LogP contribution in [0.25, 0.3) is 0 Å². The molecule has 94 valence electrons. The van der Waals surface area contributed by atoms with E-state index < -0.39 is 12.3 Å². The molecule has 0 aromatic heterocycles. The van der Waals surface area contributed by atoms with E-state index >= 15 is 0 Å². The van der Waals surface area contributed by atoms with E-state index in [4.69, 9.17) is 0 Å². The van der Waals surface area contributed by atoms with Gasteiger partial charge in [-0.25, -0.2) is 9.59 Å². The van der Waals surface area contributed by atoms with Gasteiger partial charge in [0.2, 0.25) is 5.91 Å². The van der Waals surface area contributed by atoms with Gasteiger partial charge in [0, 0.05) is 6.54 Å². The van der Waals surface area contributed by atoms with Crippen LogP contribution >= 0.6 is 0 Å². The summed E-state index contributed by atoms with van der Waals surface area (Å²) in [5, 5.41) is 10.4. The third-order valence-corrected chi connectivity index (χ3v) is 2.64. The molecule has 8 nitrogen and oxygen atoms in total. The second-order valence-corrected chi connectivity index (χ2v) is 3.97. The van der Waals surface area contributed by atoms with E-state index in [1.54, 1.807) is 0 Å². The van der Waals surface area contributed by atoms with Crippen molar-refractivity contribution >= 4 is 18.0 Å². The minimum absolute atomic E-state index is 0.0606. The predicted molar refractivity (Wildman–Crippen MR) is 57.8 cm³/mol. The highest BCUT2D eigenvalue weighted by Gasteiger charge is 2.45. The Morgan fingerprint density at radius 2 is 2.12 bits per heavy atom. The number of urea groups is 2. The monoisotopic (exact) mass is 241 g/mol. The molecule has 0 spiro atoms. The number of nitrogens with one attached hydrogen (secondary N) is 4. The Labute approximate surface area is 98.1 Å². The normalized spacial score (nSPS) is 26.1. The molecule has 2 rings (SSSR count). The highest BCUT2D eigenvalue weighted by molar-refractivity contribution is 5.88. The fraction of sp³-hybridized carbons (Fsp3) is 0.667. The van der Waals surface area contributed by atoms with Gasteiger partial charge in [0.15, 0.2) is 0 Å². The fourth-order valence-electron chi connectivity index (χ4n) is 1.84. The molecule has 17 heavy (non-hydrogen) atoms. The van der Waals surface area contributed by atoms with E-state index in [0.717, 1.165) is 6.42 Å². The van der Waals surface area contributed by atoms with Crippen LogP contribution in [-0.2, 0) is 4.79 Å². The van der Waals surface area contributed by atoms with Crippen molar-refractivity contribution in [1.29, 1.82) is 0 Å². The van der Waals surface area contributed by atoms with Gasteiger partial charge < -0.3 is 21.3 Å². The summed E-state index contributed by atoms with van der Waals surface area (Å²) in [6.07, 6.45) is -0.126. The molecule has 2 aliphatic rings. The Morgan fingerprint density at radius 3 is 2.82 bits per heavy atom. The van der Waals surface area contributed by atoms with Crippen molar-refractivity contribution in [2.45, 2.75) is 25.7 Å². The molecule has 8 heteroatoms. The summed E-state index contributed by atoms with van der Waals surface area (Å²) in [5.74, 6) is -0.233. The van der Waals surface area contributed by atoms with Crippen LogP contribution in [-0.4, -0.2) is 48.3 Å². The minimum atomic E-state index is -0.498. The lowest BCUT2D eigenvalue weighted by atomic mass is 10.4. The maximum absolute atomic E-state index is 11.5. The first kappa shape index (κ1) is 11.5. The summed E-state index contributed by atoms with van der Waals surface area (Å²) in [5.41, 5.74) is 0. The number of rotatable bonds is 4. The lowest BCUT2D eigenvalue weighted by molar-refractivity contribution is -0.121. The van der Waals surface area contributed by atoms with Crippen molar-refractivity contribution in [3.8, 4) is 0 Å². The summed E-state index contributed by atoms with van der Waals surface area (Å²) < 4.78 is 0. The molecular weight excluding hydrogens is 226 g/mol. The molecule has 0 saturated carbocycles. The number of fused-ring (bicyclic) bond motifs is 1. The lowest BCUT2D eigenvalue weighted by Crippen LogP contribution is -2.48. The maximum atomic E-state index is 11.5. The van der Waals surface area contributed by atoms with Gasteiger partial charge in [0.25, 0.3) is 0 Å². The van der Waals surface area contributed by atoms with Gasteiger partial charge in [0.05, 0.1) is 0 Å². The van der Waals surface area contributed by atoms with Crippen LogP contribution in [0.1, 0.15) is 13.3 Å². The molecule has 0 radical (unpaired) electrons. The zero-order chi connectivity index (χ0) is 12.4. The topological polar surface area (TPSA) is 103 Å². The van der Waals surface area contributed by atoms with Crippen LogP contribution in [0.5, 0.6) is 0 Å². The second kappa shape index (κ2) is 4.48. The van der Waals surface area contributed by atoms with Crippen molar-refractivity contribution in [1.82, 2.24) is 26.2 Å². The first-order valence-corrected chi connectivity index (χ1v) is 5.52. The Morgan fingerprint density at radius 1 is 1.35 bits per heavy atom. The van der Waals surface area contributed by atoms with Gasteiger partial charge in [-0.15, -0.1) is 0 Å². The van der Waals surface area contributed by atoms with E-state index in [-0.39, 0.29) is 24.5 Å². The molecular formula is C9H15N5O3. The fourth-order valence-corrected chi connectivity index (χ4v) is 1.84.